The normalized spacial score (nSPS) is 9.64. The van der Waals surface area contributed by atoms with Crippen LogP contribution >= 0.6 is 22.6 Å². The number of rotatable bonds is 14. The number of hydrogen-bond acceptors (Lipinski definition) is 15. The fraction of sp³-hybridized carbons (Fsp3) is 0.186. The maximum atomic E-state index is 11.3. The fourth-order valence-electron chi connectivity index (χ4n) is 5.39. The van der Waals surface area contributed by atoms with E-state index in [0.29, 0.717) is 88.0 Å². The number of ether oxygens (including phenoxy) is 7. The molecule has 0 aliphatic heterocycles. The number of carbonyl (C=O) groups is 5. The molecule has 0 saturated heterocycles. The average molecular weight is 927 g/mol. The van der Waals surface area contributed by atoms with E-state index in [1.165, 1.54) is 92.2 Å². The molecule has 0 aromatic heterocycles. The van der Waals surface area contributed by atoms with Gasteiger partial charge in [0.1, 0.15) is 31.4 Å². The van der Waals surface area contributed by atoms with Crippen LogP contribution in [-0.2, 0) is 0 Å². The largest absolute Gasteiger partial charge is 0.504 e. The quantitative estimate of drug-likeness (QED) is 0.0554. The Morgan fingerprint density at radius 3 is 0.949 bits per heavy atom. The molecule has 5 rings (SSSR count). The molecule has 0 amide bonds. The van der Waals surface area contributed by atoms with Gasteiger partial charge >= 0.3 is 0 Å². The first-order chi connectivity index (χ1) is 28.4. The Labute approximate surface area is 354 Å². The third-order valence-electron chi connectivity index (χ3n) is 8.10. The second kappa shape index (κ2) is 24.1. The molecule has 16 heteroatoms. The van der Waals surface area contributed by atoms with E-state index < -0.39 is 0 Å². The molecule has 0 heterocycles. The Balaban J connectivity index is 0.000000317. The molecular formula is C43H43IO15. The maximum Gasteiger partial charge on any atom is 0.168 e. The monoisotopic (exact) mass is 926 g/mol. The van der Waals surface area contributed by atoms with Crippen LogP contribution in [0.1, 0.15) is 51.8 Å². The predicted octanol–water partition coefficient (Wildman–Crippen LogP) is 7.68. The number of phenolic OH excluding ortho intramolecular Hbond substituents is 3. The maximum absolute atomic E-state index is 11.3. The summed E-state index contributed by atoms with van der Waals surface area (Å²) < 4.78 is 36.3. The Kier molecular flexibility index (Phi) is 19.7. The molecular weight excluding hydrogens is 883 g/mol. The minimum absolute atomic E-state index is 0.0399. The van der Waals surface area contributed by atoms with E-state index in [0.717, 1.165) is 0 Å². The first-order valence-electron chi connectivity index (χ1n) is 16.8. The van der Waals surface area contributed by atoms with Crippen molar-refractivity contribution in [2.24, 2.45) is 0 Å². The van der Waals surface area contributed by atoms with E-state index in [2.05, 4.69) is 22.6 Å². The van der Waals surface area contributed by atoms with E-state index in [4.69, 9.17) is 38.3 Å². The second-order valence-corrected chi connectivity index (χ2v) is 11.4. The van der Waals surface area contributed by atoms with Crippen LogP contribution in [0, 0.1) is 0 Å². The first kappa shape index (κ1) is 48.3. The molecule has 0 spiro atoms. The highest BCUT2D eigenvalue weighted by Gasteiger charge is 2.22. The van der Waals surface area contributed by atoms with Crippen molar-refractivity contribution in [2.75, 3.05) is 54.7 Å². The zero-order valence-electron chi connectivity index (χ0n) is 33.4. The van der Waals surface area contributed by atoms with Crippen LogP contribution in [0.15, 0.2) is 66.7 Å². The number of methoxy groups -OCH3 is 7. The first-order valence-corrected chi connectivity index (χ1v) is 19.0. The summed E-state index contributed by atoms with van der Waals surface area (Å²) in [5.74, 6) is 1.64. The second-order valence-electron chi connectivity index (χ2n) is 11.4. The third kappa shape index (κ3) is 11.9. The molecule has 0 aliphatic carbocycles. The summed E-state index contributed by atoms with van der Waals surface area (Å²) in [4.78, 5) is 56.8. The molecule has 0 fully saturated rings. The Morgan fingerprint density at radius 2 is 0.661 bits per heavy atom. The van der Waals surface area contributed by atoms with Crippen LogP contribution in [-0.4, -0.2) is 101 Å². The van der Waals surface area contributed by atoms with Gasteiger partial charge in [-0.1, -0.05) is 22.6 Å². The van der Waals surface area contributed by atoms with Crippen LogP contribution in [0.3, 0.4) is 0 Å². The molecule has 5 aromatic carbocycles. The van der Waals surface area contributed by atoms with E-state index >= 15 is 0 Å². The van der Waals surface area contributed by atoms with E-state index in [1.54, 1.807) is 24.3 Å². The van der Waals surface area contributed by atoms with Gasteiger partial charge in [-0.3, -0.25) is 24.0 Å². The number of hydrogen-bond donors (Lipinski definition) is 3. The minimum Gasteiger partial charge on any atom is -0.504 e. The molecule has 59 heavy (non-hydrogen) atoms. The van der Waals surface area contributed by atoms with Gasteiger partial charge in [0.15, 0.2) is 57.5 Å². The van der Waals surface area contributed by atoms with Crippen molar-refractivity contribution >= 4 is 54.0 Å². The average Bonchev–Trinajstić information content (AvgIpc) is 3.29. The molecule has 5 aromatic rings. The van der Waals surface area contributed by atoms with Gasteiger partial charge in [0.05, 0.1) is 49.8 Å². The number of halogens is 1. The van der Waals surface area contributed by atoms with Gasteiger partial charge in [-0.05, 0) is 71.7 Å². The van der Waals surface area contributed by atoms with Gasteiger partial charge in [0, 0.05) is 50.1 Å². The number of benzene rings is 5. The summed E-state index contributed by atoms with van der Waals surface area (Å²) in [6.07, 6.45) is 3.28. The number of alkyl halides is 1. The predicted molar refractivity (Wildman–Crippen MR) is 228 cm³/mol. The summed E-state index contributed by atoms with van der Waals surface area (Å²) in [7, 11) is 10.1. The molecule has 0 atom stereocenters. The van der Waals surface area contributed by atoms with E-state index in [1.807, 2.05) is 4.93 Å². The number of carbonyl (C=O) groups excluding carboxylic acids is 5. The van der Waals surface area contributed by atoms with Crippen molar-refractivity contribution in [2.45, 2.75) is 0 Å². The lowest BCUT2D eigenvalue weighted by atomic mass is 9.98. The number of phenols is 3. The van der Waals surface area contributed by atoms with Gasteiger partial charge in [-0.15, -0.1) is 0 Å². The lowest BCUT2D eigenvalue weighted by Gasteiger charge is -2.18. The molecule has 15 nitrogen and oxygen atoms in total. The van der Waals surface area contributed by atoms with Gasteiger partial charge in [-0.25, -0.2) is 0 Å². The highest BCUT2D eigenvalue weighted by molar-refractivity contribution is 14.1. The Hall–Kier alpha value is -6.82. The highest BCUT2D eigenvalue weighted by Crippen LogP contribution is 2.47. The molecule has 0 radical (unpaired) electrons. The molecule has 0 bridgehead atoms. The van der Waals surface area contributed by atoms with Gasteiger partial charge in [-0.2, -0.15) is 0 Å². The Bertz CT molecular complexity index is 2120. The SMILES string of the molecule is CI.COc1cc(C=O)cc(-c2cc(C=O)cc(OC)c2O)c1O.COc1cc(C=O)cc(-c2cc(C=O)cc(OC)c2OC)c1OC.COc1cc(C=O)ccc1O. The van der Waals surface area contributed by atoms with Crippen molar-refractivity contribution < 1.29 is 72.5 Å². The fourth-order valence-corrected chi connectivity index (χ4v) is 5.39. The summed E-state index contributed by atoms with van der Waals surface area (Å²) >= 11 is 2.15. The zero-order chi connectivity index (χ0) is 44.2. The third-order valence-corrected chi connectivity index (χ3v) is 8.10. The topological polar surface area (TPSA) is 211 Å². The van der Waals surface area contributed by atoms with Crippen LogP contribution in [0.5, 0.6) is 57.5 Å². The Morgan fingerprint density at radius 1 is 0.373 bits per heavy atom. The van der Waals surface area contributed by atoms with E-state index in [-0.39, 0.29) is 51.0 Å². The van der Waals surface area contributed by atoms with Gasteiger partial charge in [0.25, 0.3) is 0 Å². The molecule has 0 unspecified atom stereocenters. The summed E-state index contributed by atoms with van der Waals surface area (Å²) in [5, 5.41) is 29.6. The van der Waals surface area contributed by atoms with Crippen molar-refractivity contribution in [1.29, 1.82) is 0 Å². The highest BCUT2D eigenvalue weighted by atomic mass is 127. The number of aldehydes is 5. The van der Waals surface area contributed by atoms with Crippen molar-refractivity contribution in [1.82, 2.24) is 0 Å². The zero-order valence-corrected chi connectivity index (χ0v) is 35.5. The summed E-state index contributed by atoms with van der Waals surface area (Å²) in [6.45, 7) is 0. The molecule has 0 aliphatic rings. The van der Waals surface area contributed by atoms with Crippen LogP contribution in [0.25, 0.3) is 22.3 Å². The van der Waals surface area contributed by atoms with Crippen LogP contribution in [0.4, 0.5) is 0 Å². The van der Waals surface area contributed by atoms with Gasteiger partial charge < -0.3 is 48.5 Å². The molecule has 0 saturated carbocycles. The smallest absolute Gasteiger partial charge is 0.168 e. The summed E-state index contributed by atoms with van der Waals surface area (Å²) in [5.41, 5.74) is 3.21. The lowest BCUT2D eigenvalue weighted by molar-refractivity contribution is 0.111. The lowest BCUT2D eigenvalue weighted by Crippen LogP contribution is -1.99. The molecule has 312 valence electrons. The van der Waals surface area contributed by atoms with Crippen LogP contribution < -0.4 is 33.2 Å². The van der Waals surface area contributed by atoms with Crippen molar-refractivity contribution in [3.63, 3.8) is 0 Å². The van der Waals surface area contributed by atoms with Crippen molar-refractivity contribution in [3.8, 4) is 79.7 Å². The van der Waals surface area contributed by atoms with Crippen LogP contribution in [0.2, 0.25) is 0 Å². The molecule has 3 N–H and O–H groups in total. The standard InChI is InChI=1S/C18H18O6.C16H14O6.C8H8O3.CH3I/c1-21-15-7-11(9-19)5-13(17(15)23-3)14-6-12(10-20)8-16(22-2)18(14)24-4;1-21-13-5-9(7-17)3-11(15(13)19)12-4-10(8-18)6-14(22-2)16(12)20;1-11-8-4-6(5-9)2-3-7(8)10;1-2/h5-10H,1-4H3;3-8,19-20H,1-2H3;2-5,10H,1H3;1H3. The van der Waals surface area contributed by atoms with Crippen molar-refractivity contribution in [3.05, 3.63) is 94.5 Å². The van der Waals surface area contributed by atoms with Gasteiger partial charge in [0.2, 0.25) is 0 Å². The number of aromatic hydroxyl groups is 3. The van der Waals surface area contributed by atoms with E-state index in [9.17, 15) is 34.2 Å². The minimum atomic E-state index is -0.256. The summed E-state index contributed by atoms with van der Waals surface area (Å²) in [6, 6.07) is 16.3.